The number of ether oxygens (including phenoxy) is 2. The van der Waals surface area contributed by atoms with Crippen LogP contribution in [0.3, 0.4) is 0 Å². The second-order valence-electron chi connectivity index (χ2n) is 8.90. The molecule has 154 valence electrons. The number of primary amides is 1. The van der Waals surface area contributed by atoms with Gasteiger partial charge < -0.3 is 19.8 Å². The molecule has 29 heavy (non-hydrogen) atoms. The largest absolute Gasteiger partial charge is 0.488 e. The van der Waals surface area contributed by atoms with Crippen LogP contribution < -0.4 is 10.5 Å². The van der Waals surface area contributed by atoms with Crippen molar-refractivity contribution in [3.05, 3.63) is 46.8 Å². The van der Waals surface area contributed by atoms with E-state index in [0.29, 0.717) is 30.9 Å². The predicted molar refractivity (Wildman–Crippen MR) is 110 cm³/mol. The second kappa shape index (κ2) is 7.34. The molecule has 0 saturated carbocycles. The molecule has 6 heteroatoms. The number of fused-ring (bicyclic) bond motifs is 1. The zero-order chi connectivity index (χ0) is 20.8. The molecule has 1 amide bonds. The third-order valence-electron chi connectivity index (χ3n) is 5.82. The highest BCUT2D eigenvalue weighted by Crippen LogP contribution is 2.39. The van der Waals surface area contributed by atoms with Crippen molar-refractivity contribution >= 4 is 11.7 Å². The van der Waals surface area contributed by atoms with E-state index in [0.717, 1.165) is 41.9 Å². The summed E-state index contributed by atoms with van der Waals surface area (Å²) in [6.45, 7) is 7.57. The summed E-state index contributed by atoms with van der Waals surface area (Å²) in [4.78, 5) is 24.5. The standard InChI is InChI=1S/C23H28N2O4/c1-14-10-17-19(12-23(2,3)13-20(17)26)25(14)18-5-4-15(22(24)27)11-21(18)29-16-6-8-28-9-7-16/h4-5,10-11,16H,6-9,12-13H2,1-3H3,(H2,24,27). The number of rotatable bonds is 4. The summed E-state index contributed by atoms with van der Waals surface area (Å²) in [7, 11) is 0. The molecule has 1 saturated heterocycles. The second-order valence-corrected chi connectivity index (χ2v) is 8.90. The summed E-state index contributed by atoms with van der Waals surface area (Å²) in [6.07, 6.45) is 2.98. The first kappa shape index (κ1) is 19.7. The van der Waals surface area contributed by atoms with E-state index in [-0.39, 0.29) is 17.3 Å². The van der Waals surface area contributed by atoms with Gasteiger partial charge in [-0.15, -0.1) is 0 Å². The van der Waals surface area contributed by atoms with Gasteiger partial charge in [-0.05, 0) is 43.0 Å². The fourth-order valence-corrected chi connectivity index (χ4v) is 4.41. The normalized spacial score (nSPS) is 19.1. The Kier molecular flexibility index (Phi) is 4.99. The van der Waals surface area contributed by atoms with E-state index in [1.165, 1.54) is 0 Å². The van der Waals surface area contributed by atoms with Crippen LogP contribution in [-0.2, 0) is 11.2 Å². The number of carbonyl (C=O) groups excluding carboxylic acids is 2. The molecule has 1 aromatic carbocycles. The average Bonchev–Trinajstić information content (AvgIpc) is 2.97. The number of ketones is 1. The molecule has 1 aromatic heterocycles. The highest BCUT2D eigenvalue weighted by molar-refractivity contribution is 5.99. The lowest BCUT2D eigenvalue weighted by atomic mass is 9.76. The van der Waals surface area contributed by atoms with E-state index in [2.05, 4.69) is 18.4 Å². The smallest absolute Gasteiger partial charge is 0.248 e. The van der Waals surface area contributed by atoms with Crippen molar-refractivity contribution in [1.29, 1.82) is 0 Å². The van der Waals surface area contributed by atoms with E-state index >= 15 is 0 Å². The molecular formula is C23H28N2O4. The van der Waals surface area contributed by atoms with Crippen LogP contribution in [0.5, 0.6) is 5.75 Å². The molecule has 1 aliphatic heterocycles. The first-order valence-electron chi connectivity index (χ1n) is 10.2. The zero-order valence-electron chi connectivity index (χ0n) is 17.3. The van der Waals surface area contributed by atoms with Crippen molar-refractivity contribution in [2.24, 2.45) is 11.1 Å². The van der Waals surface area contributed by atoms with Gasteiger partial charge in [-0.25, -0.2) is 0 Å². The topological polar surface area (TPSA) is 83.6 Å². The van der Waals surface area contributed by atoms with Crippen molar-refractivity contribution in [2.75, 3.05) is 13.2 Å². The molecule has 1 aliphatic carbocycles. The molecule has 2 N–H and O–H groups in total. The number of nitrogens with two attached hydrogens (primary N) is 1. The van der Waals surface area contributed by atoms with Crippen LogP contribution in [0.15, 0.2) is 24.3 Å². The van der Waals surface area contributed by atoms with Crippen molar-refractivity contribution in [3.8, 4) is 11.4 Å². The summed E-state index contributed by atoms with van der Waals surface area (Å²) in [6, 6.07) is 7.27. The van der Waals surface area contributed by atoms with Crippen LogP contribution >= 0.6 is 0 Å². The van der Waals surface area contributed by atoms with Gasteiger partial charge >= 0.3 is 0 Å². The molecule has 2 heterocycles. The lowest BCUT2D eigenvalue weighted by Gasteiger charge is -2.30. The number of Topliss-reactive ketones (excluding diaryl/α,β-unsaturated/α-hetero) is 1. The van der Waals surface area contributed by atoms with Crippen LogP contribution in [0.1, 0.15) is 65.2 Å². The van der Waals surface area contributed by atoms with Gasteiger partial charge in [0, 0.05) is 41.8 Å². The van der Waals surface area contributed by atoms with Gasteiger partial charge in [-0.1, -0.05) is 13.8 Å². The molecule has 2 aromatic rings. The van der Waals surface area contributed by atoms with Crippen LogP contribution in [0.4, 0.5) is 0 Å². The molecule has 6 nitrogen and oxygen atoms in total. The van der Waals surface area contributed by atoms with E-state index in [4.69, 9.17) is 15.2 Å². The third kappa shape index (κ3) is 3.81. The van der Waals surface area contributed by atoms with Gasteiger partial charge in [0.2, 0.25) is 5.91 Å². The Morgan fingerprint density at radius 3 is 2.62 bits per heavy atom. The van der Waals surface area contributed by atoms with Crippen LogP contribution in [-0.4, -0.2) is 35.6 Å². The first-order valence-corrected chi connectivity index (χ1v) is 10.2. The number of aromatic nitrogens is 1. The lowest BCUT2D eigenvalue weighted by Crippen LogP contribution is -2.28. The van der Waals surface area contributed by atoms with Gasteiger partial charge in [0.05, 0.1) is 18.9 Å². The quantitative estimate of drug-likeness (QED) is 0.856. The number of aryl methyl sites for hydroxylation is 1. The minimum absolute atomic E-state index is 0.0235. The number of carbonyl (C=O) groups is 2. The Morgan fingerprint density at radius 2 is 1.93 bits per heavy atom. The highest BCUT2D eigenvalue weighted by Gasteiger charge is 2.34. The van der Waals surface area contributed by atoms with Gasteiger partial charge in [0.1, 0.15) is 11.9 Å². The zero-order valence-corrected chi connectivity index (χ0v) is 17.3. The molecule has 0 atom stereocenters. The summed E-state index contributed by atoms with van der Waals surface area (Å²) in [5.41, 5.74) is 9.44. The van der Waals surface area contributed by atoms with Gasteiger partial charge in [-0.3, -0.25) is 9.59 Å². The fourth-order valence-electron chi connectivity index (χ4n) is 4.41. The van der Waals surface area contributed by atoms with Crippen molar-refractivity contribution in [1.82, 2.24) is 4.57 Å². The van der Waals surface area contributed by atoms with Gasteiger partial charge in [0.15, 0.2) is 5.78 Å². The average molecular weight is 396 g/mol. The number of hydrogen-bond acceptors (Lipinski definition) is 4. The Hall–Kier alpha value is -2.60. The predicted octanol–water partition coefficient (Wildman–Crippen LogP) is 3.60. The first-order chi connectivity index (χ1) is 13.7. The van der Waals surface area contributed by atoms with Gasteiger partial charge in [0.25, 0.3) is 0 Å². The van der Waals surface area contributed by atoms with Crippen molar-refractivity contribution < 1.29 is 19.1 Å². The van der Waals surface area contributed by atoms with E-state index in [9.17, 15) is 9.59 Å². The van der Waals surface area contributed by atoms with Crippen LogP contribution in [0.2, 0.25) is 0 Å². The fraction of sp³-hybridized carbons (Fsp3) is 0.478. The molecule has 0 spiro atoms. The van der Waals surface area contributed by atoms with E-state index < -0.39 is 5.91 Å². The van der Waals surface area contributed by atoms with E-state index in [1.807, 2.05) is 19.1 Å². The Bertz CT molecular complexity index is 967. The monoisotopic (exact) mass is 396 g/mol. The third-order valence-corrected chi connectivity index (χ3v) is 5.82. The Labute approximate surface area is 171 Å². The molecule has 2 aliphatic rings. The molecule has 1 fully saturated rings. The number of nitrogens with zero attached hydrogens (tertiary/aromatic N) is 1. The van der Waals surface area contributed by atoms with Crippen LogP contribution in [0.25, 0.3) is 5.69 Å². The van der Waals surface area contributed by atoms with Gasteiger partial charge in [-0.2, -0.15) is 0 Å². The molecule has 4 rings (SSSR count). The maximum absolute atomic E-state index is 12.7. The molecule has 0 unspecified atom stereocenters. The van der Waals surface area contributed by atoms with Crippen LogP contribution in [0, 0.1) is 12.3 Å². The number of hydrogen-bond donors (Lipinski definition) is 1. The maximum atomic E-state index is 12.7. The molecule has 0 bridgehead atoms. The Morgan fingerprint density at radius 1 is 1.21 bits per heavy atom. The maximum Gasteiger partial charge on any atom is 0.248 e. The minimum atomic E-state index is -0.490. The Balaban J connectivity index is 1.83. The van der Waals surface area contributed by atoms with Crippen molar-refractivity contribution in [3.63, 3.8) is 0 Å². The minimum Gasteiger partial charge on any atom is -0.488 e. The summed E-state index contributed by atoms with van der Waals surface area (Å²) in [5, 5.41) is 0. The van der Waals surface area contributed by atoms with Crippen molar-refractivity contribution in [2.45, 2.75) is 52.6 Å². The lowest BCUT2D eigenvalue weighted by molar-refractivity contribution is 0.0255. The number of amides is 1. The number of benzene rings is 1. The summed E-state index contributed by atoms with van der Waals surface area (Å²) in [5.74, 6) is 0.306. The summed E-state index contributed by atoms with van der Waals surface area (Å²) < 4.78 is 13.9. The van der Waals surface area contributed by atoms with E-state index in [1.54, 1.807) is 12.1 Å². The molecular weight excluding hydrogens is 368 g/mol. The highest BCUT2D eigenvalue weighted by atomic mass is 16.5. The summed E-state index contributed by atoms with van der Waals surface area (Å²) >= 11 is 0. The SMILES string of the molecule is Cc1cc2c(n1-c1ccc(C(N)=O)cc1OC1CCOCC1)CC(C)(C)CC2=O. The molecule has 0 radical (unpaired) electrons.